The van der Waals surface area contributed by atoms with Crippen LogP contribution in [0.2, 0.25) is 0 Å². The second kappa shape index (κ2) is 5.50. The van der Waals surface area contributed by atoms with Gasteiger partial charge < -0.3 is 10.6 Å². The molecule has 1 fully saturated rings. The first kappa shape index (κ1) is 12.5. The fourth-order valence-electron chi connectivity index (χ4n) is 2.54. The average molecular weight is 211 g/mol. The molecule has 15 heavy (non-hydrogen) atoms. The highest BCUT2D eigenvalue weighted by Crippen LogP contribution is 2.36. The van der Waals surface area contributed by atoms with Crippen LogP contribution in [0.1, 0.15) is 46.0 Å². The molecule has 0 unspecified atom stereocenters. The molecule has 0 aliphatic carbocycles. The molecule has 3 heteroatoms. The zero-order valence-corrected chi connectivity index (χ0v) is 10.2. The molecule has 0 atom stereocenters. The third-order valence-electron chi connectivity index (χ3n) is 3.94. The van der Waals surface area contributed by atoms with Gasteiger partial charge in [0.05, 0.1) is 5.84 Å². The standard InChI is InChI=1S/C12H25N3/c1-3-12(4-2)7-9-15(10-12)8-5-6-11(13)14/h3-10H2,1-2H3,(H3,13,14). The summed E-state index contributed by atoms with van der Waals surface area (Å²) < 4.78 is 0. The molecule has 0 amide bonds. The van der Waals surface area contributed by atoms with Crippen molar-refractivity contribution < 1.29 is 0 Å². The minimum atomic E-state index is 0.325. The normalized spacial score (nSPS) is 20.7. The van der Waals surface area contributed by atoms with Gasteiger partial charge in [0.25, 0.3) is 0 Å². The predicted octanol–water partition coefficient (Wildman–Crippen LogP) is 2.21. The smallest absolute Gasteiger partial charge is 0.0905 e. The van der Waals surface area contributed by atoms with Crippen LogP contribution in [0, 0.1) is 10.8 Å². The van der Waals surface area contributed by atoms with E-state index in [-0.39, 0.29) is 0 Å². The molecule has 1 rings (SSSR count). The summed E-state index contributed by atoms with van der Waals surface area (Å²) in [5, 5.41) is 7.18. The molecule has 1 saturated heterocycles. The maximum atomic E-state index is 7.18. The lowest BCUT2D eigenvalue weighted by atomic mass is 9.82. The molecule has 0 spiro atoms. The second-order valence-electron chi connectivity index (χ2n) is 4.86. The van der Waals surface area contributed by atoms with Gasteiger partial charge in [0.15, 0.2) is 0 Å². The summed E-state index contributed by atoms with van der Waals surface area (Å²) in [5.74, 6) is 0.325. The van der Waals surface area contributed by atoms with Crippen molar-refractivity contribution in [1.29, 1.82) is 5.41 Å². The van der Waals surface area contributed by atoms with Crippen LogP contribution in [0.5, 0.6) is 0 Å². The lowest BCUT2D eigenvalue weighted by Gasteiger charge is -2.26. The Morgan fingerprint density at radius 2 is 2.07 bits per heavy atom. The largest absolute Gasteiger partial charge is 0.388 e. The van der Waals surface area contributed by atoms with E-state index in [0.29, 0.717) is 11.3 Å². The Kier molecular flexibility index (Phi) is 4.58. The van der Waals surface area contributed by atoms with Gasteiger partial charge in [-0.1, -0.05) is 13.8 Å². The van der Waals surface area contributed by atoms with Crippen LogP contribution in [-0.2, 0) is 0 Å². The molecule has 0 bridgehead atoms. The van der Waals surface area contributed by atoms with Gasteiger partial charge in [-0.3, -0.25) is 5.41 Å². The first-order chi connectivity index (χ1) is 7.12. The van der Waals surface area contributed by atoms with Crippen LogP contribution >= 0.6 is 0 Å². The van der Waals surface area contributed by atoms with Crippen LogP contribution < -0.4 is 5.73 Å². The Hall–Kier alpha value is -0.570. The fraction of sp³-hybridized carbons (Fsp3) is 0.917. The zero-order chi connectivity index (χ0) is 11.3. The van der Waals surface area contributed by atoms with Gasteiger partial charge in [0.1, 0.15) is 0 Å². The van der Waals surface area contributed by atoms with Crippen molar-refractivity contribution in [3.8, 4) is 0 Å². The summed E-state index contributed by atoms with van der Waals surface area (Å²) >= 11 is 0. The van der Waals surface area contributed by atoms with Crippen molar-refractivity contribution in [1.82, 2.24) is 4.90 Å². The number of rotatable bonds is 6. The van der Waals surface area contributed by atoms with Gasteiger partial charge >= 0.3 is 0 Å². The highest BCUT2D eigenvalue weighted by molar-refractivity contribution is 5.76. The summed E-state index contributed by atoms with van der Waals surface area (Å²) in [5.41, 5.74) is 5.93. The summed E-state index contributed by atoms with van der Waals surface area (Å²) in [4.78, 5) is 2.54. The molecule has 88 valence electrons. The SMILES string of the molecule is CCC1(CC)CCN(CCCC(=N)N)C1. The Bertz CT molecular complexity index is 209. The Balaban J connectivity index is 2.27. The summed E-state index contributed by atoms with van der Waals surface area (Å²) in [7, 11) is 0. The van der Waals surface area contributed by atoms with E-state index in [9.17, 15) is 0 Å². The maximum absolute atomic E-state index is 7.18. The highest BCUT2D eigenvalue weighted by atomic mass is 15.2. The number of hydrogen-bond acceptors (Lipinski definition) is 2. The van der Waals surface area contributed by atoms with Crippen LogP contribution in [0.15, 0.2) is 0 Å². The summed E-state index contributed by atoms with van der Waals surface area (Å²) in [6.07, 6.45) is 5.74. The number of hydrogen-bond donors (Lipinski definition) is 2. The van der Waals surface area contributed by atoms with Gasteiger partial charge in [-0.15, -0.1) is 0 Å². The van der Waals surface area contributed by atoms with E-state index in [1.54, 1.807) is 0 Å². The number of nitrogens with two attached hydrogens (primary N) is 1. The molecule has 0 saturated carbocycles. The van der Waals surface area contributed by atoms with Crippen LogP contribution in [-0.4, -0.2) is 30.4 Å². The summed E-state index contributed by atoms with van der Waals surface area (Å²) in [6.45, 7) is 8.21. The van der Waals surface area contributed by atoms with Crippen molar-refractivity contribution in [2.24, 2.45) is 11.1 Å². The maximum Gasteiger partial charge on any atom is 0.0905 e. The van der Waals surface area contributed by atoms with Gasteiger partial charge in [-0.05, 0) is 44.2 Å². The number of likely N-dealkylation sites (tertiary alicyclic amines) is 1. The monoisotopic (exact) mass is 211 g/mol. The van der Waals surface area contributed by atoms with E-state index in [1.165, 1.54) is 32.4 Å². The third-order valence-corrected chi connectivity index (χ3v) is 3.94. The van der Waals surface area contributed by atoms with Crippen molar-refractivity contribution >= 4 is 5.84 Å². The van der Waals surface area contributed by atoms with Gasteiger partial charge in [-0.2, -0.15) is 0 Å². The van der Waals surface area contributed by atoms with Crippen molar-refractivity contribution in [2.75, 3.05) is 19.6 Å². The first-order valence-corrected chi connectivity index (χ1v) is 6.17. The molecular weight excluding hydrogens is 186 g/mol. The van der Waals surface area contributed by atoms with Gasteiger partial charge in [0.2, 0.25) is 0 Å². The van der Waals surface area contributed by atoms with E-state index in [2.05, 4.69) is 18.7 Å². The van der Waals surface area contributed by atoms with Crippen molar-refractivity contribution in [3.05, 3.63) is 0 Å². The van der Waals surface area contributed by atoms with E-state index in [0.717, 1.165) is 19.4 Å². The molecule has 0 aromatic rings. The molecule has 0 radical (unpaired) electrons. The van der Waals surface area contributed by atoms with Crippen LogP contribution in [0.25, 0.3) is 0 Å². The fourth-order valence-corrected chi connectivity index (χ4v) is 2.54. The highest BCUT2D eigenvalue weighted by Gasteiger charge is 2.34. The van der Waals surface area contributed by atoms with Crippen molar-refractivity contribution in [2.45, 2.75) is 46.0 Å². The van der Waals surface area contributed by atoms with Crippen molar-refractivity contribution in [3.63, 3.8) is 0 Å². The van der Waals surface area contributed by atoms with Crippen LogP contribution in [0.3, 0.4) is 0 Å². The Morgan fingerprint density at radius 3 is 2.53 bits per heavy atom. The van der Waals surface area contributed by atoms with E-state index in [4.69, 9.17) is 11.1 Å². The summed E-state index contributed by atoms with van der Waals surface area (Å²) in [6, 6.07) is 0. The predicted molar refractivity (Wildman–Crippen MR) is 65.2 cm³/mol. The Labute approximate surface area is 93.5 Å². The minimum absolute atomic E-state index is 0.325. The lowest BCUT2D eigenvalue weighted by molar-refractivity contribution is 0.240. The van der Waals surface area contributed by atoms with Gasteiger partial charge in [0, 0.05) is 13.0 Å². The van der Waals surface area contributed by atoms with E-state index in [1.807, 2.05) is 0 Å². The molecule has 1 aliphatic heterocycles. The molecular formula is C12H25N3. The van der Waals surface area contributed by atoms with Crippen LogP contribution in [0.4, 0.5) is 0 Å². The average Bonchev–Trinajstić information content (AvgIpc) is 2.62. The molecule has 3 N–H and O–H groups in total. The van der Waals surface area contributed by atoms with E-state index >= 15 is 0 Å². The topological polar surface area (TPSA) is 53.1 Å². The number of nitrogens with one attached hydrogen (secondary N) is 1. The molecule has 1 heterocycles. The molecule has 0 aromatic carbocycles. The quantitative estimate of drug-likeness (QED) is 0.523. The first-order valence-electron chi connectivity index (χ1n) is 6.17. The Morgan fingerprint density at radius 1 is 1.40 bits per heavy atom. The second-order valence-corrected chi connectivity index (χ2v) is 4.86. The number of amidine groups is 1. The molecule has 3 nitrogen and oxygen atoms in total. The third kappa shape index (κ3) is 3.49. The minimum Gasteiger partial charge on any atom is -0.388 e. The van der Waals surface area contributed by atoms with E-state index < -0.39 is 0 Å². The number of nitrogens with zero attached hydrogens (tertiary/aromatic N) is 1. The lowest BCUT2D eigenvalue weighted by Crippen LogP contribution is -2.27. The van der Waals surface area contributed by atoms with Gasteiger partial charge in [-0.25, -0.2) is 0 Å². The zero-order valence-electron chi connectivity index (χ0n) is 10.2. The molecule has 0 aromatic heterocycles. The molecule has 1 aliphatic rings.